The molecule has 2 aliphatic rings. The van der Waals surface area contributed by atoms with E-state index in [-0.39, 0.29) is 17.7 Å². The molecule has 5 atom stereocenters. The number of amides is 2. The lowest BCUT2D eigenvalue weighted by molar-refractivity contribution is -0.187. The highest BCUT2D eigenvalue weighted by Crippen LogP contribution is 2.38. The highest BCUT2D eigenvalue weighted by molar-refractivity contribution is 7.99. The first-order chi connectivity index (χ1) is 17.0. The Bertz CT molecular complexity index is 1160. The Balaban J connectivity index is 1.39. The van der Waals surface area contributed by atoms with Crippen molar-refractivity contribution in [1.29, 1.82) is 0 Å². The molecule has 1 saturated heterocycles. The third-order valence-corrected chi connectivity index (χ3v) is 7.35. The van der Waals surface area contributed by atoms with E-state index in [4.69, 9.17) is 9.47 Å². The smallest absolute Gasteiger partial charge is 0.262 e. The summed E-state index contributed by atoms with van der Waals surface area (Å²) in [6, 6.07) is 24.4. The van der Waals surface area contributed by atoms with Crippen molar-refractivity contribution in [3.05, 3.63) is 102 Å². The summed E-state index contributed by atoms with van der Waals surface area (Å²) in [7, 11) is 0. The van der Waals surface area contributed by atoms with Crippen molar-refractivity contribution < 1.29 is 29.3 Å². The first-order valence-electron chi connectivity index (χ1n) is 11.4. The molecule has 0 bridgehead atoms. The summed E-state index contributed by atoms with van der Waals surface area (Å²) in [5, 5.41) is 22.1. The van der Waals surface area contributed by atoms with Crippen molar-refractivity contribution >= 4 is 23.6 Å². The van der Waals surface area contributed by atoms with Crippen LogP contribution in [0.3, 0.4) is 0 Å². The van der Waals surface area contributed by atoms with Crippen LogP contribution >= 0.6 is 11.8 Å². The predicted molar refractivity (Wildman–Crippen MR) is 130 cm³/mol. The summed E-state index contributed by atoms with van der Waals surface area (Å²) in [6.45, 7) is 0.357. The van der Waals surface area contributed by atoms with Gasteiger partial charge in [0.25, 0.3) is 11.8 Å². The second-order valence-corrected chi connectivity index (χ2v) is 9.64. The summed E-state index contributed by atoms with van der Waals surface area (Å²) >= 11 is 1.29. The highest BCUT2D eigenvalue weighted by atomic mass is 32.2. The van der Waals surface area contributed by atoms with E-state index in [1.165, 1.54) is 11.8 Å². The van der Waals surface area contributed by atoms with Gasteiger partial charge < -0.3 is 19.7 Å². The molecule has 8 heteroatoms. The van der Waals surface area contributed by atoms with Gasteiger partial charge in [-0.15, -0.1) is 0 Å². The largest absolute Gasteiger partial charge is 0.388 e. The average Bonchev–Trinajstić information content (AvgIpc) is 3.13. The Morgan fingerprint density at radius 3 is 2.00 bits per heavy atom. The Morgan fingerprint density at radius 1 is 0.800 bits per heavy atom. The molecule has 3 aromatic rings. The molecule has 5 rings (SSSR count). The number of carbonyl (C=O) groups is 2. The molecule has 180 valence electrons. The van der Waals surface area contributed by atoms with Crippen LogP contribution in [0.25, 0.3) is 0 Å². The molecule has 0 saturated carbocycles. The monoisotopic (exact) mass is 491 g/mol. The van der Waals surface area contributed by atoms with Crippen molar-refractivity contribution in [2.45, 2.75) is 41.3 Å². The summed E-state index contributed by atoms with van der Waals surface area (Å²) in [5.74, 6) is -1.02. The van der Waals surface area contributed by atoms with Gasteiger partial charge in [-0.05, 0) is 29.8 Å². The van der Waals surface area contributed by atoms with Gasteiger partial charge in [0.1, 0.15) is 29.8 Å². The van der Waals surface area contributed by atoms with E-state index in [0.717, 1.165) is 15.4 Å². The topological polar surface area (TPSA) is 96.3 Å². The normalized spacial score (nSPS) is 26.1. The van der Waals surface area contributed by atoms with Gasteiger partial charge in [0.15, 0.2) is 0 Å². The minimum atomic E-state index is -1.42. The third-order valence-electron chi connectivity index (χ3n) is 6.18. The number of nitrogens with zero attached hydrogens (tertiary/aromatic N) is 1. The maximum atomic E-state index is 13.2. The maximum absolute atomic E-state index is 13.2. The van der Waals surface area contributed by atoms with E-state index in [1.54, 1.807) is 24.3 Å². The second-order valence-electron chi connectivity index (χ2n) is 8.47. The van der Waals surface area contributed by atoms with Crippen LogP contribution in [0.5, 0.6) is 0 Å². The maximum Gasteiger partial charge on any atom is 0.262 e. The van der Waals surface area contributed by atoms with Crippen LogP contribution in [0, 0.1) is 0 Å². The van der Waals surface area contributed by atoms with Crippen molar-refractivity contribution in [3.63, 3.8) is 0 Å². The first-order valence-corrected chi connectivity index (χ1v) is 12.2. The number of hydrogen-bond donors (Lipinski definition) is 2. The van der Waals surface area contributed by atoms with E-state index in [0.29, 0.717) is 6.61 Å². The van der Waals surface area contributed by atoms with Gasteiger partial charge in [-0.3, -0.25) is 14.5 Å². The summed E-state index contributed by atoms with van der Waals surface area (Å²) in [4.78, 5) is 28.2. The molecule has 2 amide bonds. The van der Waals surface area contributed by atoms with Gasteiger partial charge >= 0.3 is 0 Å². The molecule has 0 radical (unpaired) electrons. The minimum absolute atomic E-state index is 0.0355. The molecule has 1 fully saturated rings. The van der Waals surface area contributed by atoms with Crippen molar-refractivity contribution in [2.75, 3.05) is 6.61 Å². The number of imide groups is 1. The molecule has 2 N–H and O–H groups in total. The van der Waals surface area contributed by atoms with Crippen molar-refractivity contribution in [2.24, 2.45) is 0 Å². The van der Waals surface area contributed by atoms with Crippen molar-refractivity contribution in [1.82, 2.24) is 4.90 Å². The lowest BCUT2D eigenvalue weighted by Gasteiger charge is -2.45. The quantitative estimate of drug-likeness (QED) is 0.490. The van der Waals surface area contributed by atoms with Crippen LogP contribution in [0.4, 0.5) is 0 Å². The molecule has 2 heterocycles. The van der Waals surface area contributed by atoms with Gasteiger partial charge in [-0.25, -0.2) is 0 Å². The van der Waals surface area contributed by atoms with Crippen molar-refractivity contribution in [3.8, 4) is 0 Å². The molecule has 0 spiro atoms. The van der Waals surface area contributed by atoms with E-state index in [2.05, 4.69) is 0 Å². The van der Waals surface area contributed by atoms with Crippen LogP contribution in [0.2, 0.25) is 0 Å². The lowest BCUT2D eigenvalue weighted by Crippen LogP contribution is -2.64. The second kappa shape index (κ2) is 10.3. The third kappa shape index (κ3) is 4.76. The highest BCUT2D eigenvalue weighted by Gasteiger charge is 2.53. The Kier molecular flexibility index (Phi) is 6.99. The number of thioether (sulfide) groups is 1. The fourth-order valence-corrected chi connectivity index (χ4v) is 5.61. The van der Waals surface area contributed by atoms with E-state index < -0.39 is 41.6 Å². The molecular formula is C27H25NO6S. The zero-order valence-corrected chi connectivity index (χ0v) is 19.6. The Hall–Kier alpha value is -3.01. The zero-order valence-electron chi connectivity index (χ0n) is 18.8. The minimum Gasteiger partial charge on any atom is -0.388 e. The number of fused-ring (bicyclic) bond motifs is 1. The van der Waals surface area contributed by atoms with Gasteiger partial charge in [-0.2, -0.15) is 0 Å². The molecule has 0 unspecified atom stereocenters. The predicted octanol–water partition coefficient (Wildman–Crippen LogP) is 3.11. The standard InChI is InChI=1S/C27H25NO6S/c29-23-21(16-33-15-17-9-3-1-4-10-17)34-27(35-18-11-5-2-6-12-18)22(24(23)30)28-25(31)19-13-7-8-14-20(19)26(28)32/h1-14,21-24,27,29-30H,15-16H2/t21-,22-,23-,24-,27+/m1/s1. The fraction of sp³-hybridized carbons (Fsp3) is 0.259. The first kappa shape index (κ1) is 23.7. The van der Waals surface area contributed by atoms with Gasteiger partial charge in [0, 0.05) is 4.90 Å². The van der Waals surface area contributed by atoms with E-state index in [1.807, 2.05) is 60.7 Å². The molecular weight excluding hydrogens is 466 g/mol. The number of aliphatic hydroxyl groups is 2. The summed E-state index contributed by atoms with van der Waals surface area (Å²) < 4.78 is 12.0. The molecule has 0 aromatic heterocycles. The molecule has 35 heavy (non-hydrogen) atoms. The van der Waals surface area contributed by atoms with E-state index >= 15 is 0 Å². The van der Waals surface area contributed by atoms with E-state index in [9.17, 15) is 19.8 Å². The molecule has 2 aliphatic heterocycles. The van der Waals surface area contributed by atoms with Gasteiger partial charge in [0.2, 0.25) is 0 Å². The zero-order chi connectivity index (χ0) is 24.4. The number of carbonyl (C=O) groups excluding carboxylic acids is 2. The van der Waals surface area contributed by atoms with Crippen LogP contribution in [0.15, 0.2) is 89.8 Å². The SMILES string of the molecule is O=C1c2ccccc2C(=O)N1[C@@H]1[C@@H](O)[C@H](O)[C@@H](COCc2ccccc2)O[C@H]1Sc1ccccc1. The van der Waals surface area contributed by atoms with Crippen LogP contribution in [-0.4, -0.2) is 63.3 Å². The number of benzene rings is 3. The Morgan fingerprint density at radius 2 is 1.37 bits per heavy atom. The van der Waals surface area contributed by atoms with Crippen LogP contribution < -0.4 is 0 Å². The summed E-state index contributed by atoms with van der Waals surface area (Å²) in [6.07, 6.45) is -3.62. The summed E-state index contributed by atoms with van der Waals surface area (Å²) in [5.41, 5.74) is 0.702. The Labute approximate surface area is 207 Å². The number of ether oxygens (including phenoxy) is 2. The number of hydrogen-bond acceptors (Lipinski definition) is 7. The van der Waals surface area contributed by atoms with Crippen LogP contribution in [0.1, 0.15) is 26.3 Å². The number of aliphatic hydroxyl groups excluding tert-OH is 2. The fourth-order valence-electron chi connectivity index (χ4n) is 4.41. The average molecular weight is 492 g/mol. The van der Waals surface area contributed by atoms with Gasteiger partial charge in [-0.1, -0.05) is 72.4 Å². The molecule has 3 aromatic carbocycles. The lowest BCUT2D eigenvalue weighted by atomic mass is 9.97. The molecule has 0 aliphatic carbocycles. The van der Waals surface area contributed by atoms with Crippen LogP contribution in [-0.2, 0) is 16.1 Å². The van der Waals surface area contributed by atoms with Gasteiger partial charge in [0.05, 0.1) is 24.3 Å². The molecule has 7 nitrogen and oxygen atoms in total. The number of rotatable bonds is 7.